The van der Waals surface area contributed by atoms with E-state index < -0.39 is 0 Å². The van der Waals surface area contributed by atoms with Crippen molar-refractivity contribution in [3.63, 3.8) is 0 Å². The molecule has 0 unspecified atom stereocenters. The van der Waals surface area contributed by atoms with Crippen molar-refractivity contribution in [2.45, 2.75) is 43.6 Å². The van der Waals surface area contributed by atoms with Crippen LogP contribution in [-0.4, -0.2) is 21.9 Å². The molecule has 1 aliphatic heterocycles. The van der Waals surface area contributed by atoms with Gasteiger partial charge in [0.05, 0.1) is 4.08 Å². The van der Waals surface area contributed by atoms with Gasteiger partial charge in [-0.15, -0.1) is 23.5 Å². The van der Waals surface area contributed by atoms with Crippen molar-refractivity contribution >= 4 is 29.8 Å². The van der Waals surface area contributed by atoms with E-state index in [2.05, 4.69) is 32.1 Å². The molecule has 0 aromatic heterocycles. The lowest BCUT2D eigenvalue weighted by atomic mass is 10.1. The number of aldehydes is 1. The summed E-state index contributed by atoms with van der Waals surface area (Å²) in [6, 6.07) is 0. The molecule has 0 aliphatic carbocycles. The van der Waals surface area contributed by atoms with E-state index in [9.17, 15) is 4.79 Å². The Morgan fingerprint density at radius 3 is 2.59 bits per heavy atom. The molecule has 1 saturated heterocycles. The van der Waals surface area contributed by atoms with Crippen LogP contribution in [0.15, 0.2) is 23.8 Å². The molecule has 3 heteroatoms. The Balaban J connectivity index is 2.60. The number of hydrogen-bond donors (Lipinski definition) is 0. The molecule has 1 aliphatic rings. The zero-order valence-electron chi connectivity index (χ0n) is 10.8. The molecule has 1 nitrogen and oxygen atoms in total. The summed E-state index contributed by atoms with van der Waals surface area (Å²) in [4.78, 5) is 10.4. The normalized spacial score (nSPS) is 19.2. The van der Waals surface area contributed by atoms with Crippen LogP contribution in [0.1, 0.15) is 39.5 Å². The number of allylic oxidation sites excluding steroid dienone is 3. The van der Waals surface area contributed by atoms with Crippen molar-refractivity contribution in [3.05, 3.63) is 23.8 Å². The van der Waals surface area contributed by atoms with Gasteiger partial charge >= 0.3 is 0 Å². The highest BCUT2D eigenvalue weighted by atomic mass is 32.2. The predicted octanol–water partition coefficient (Wildman–Crippen LogP) is 4.44. The molecule has 0 amide bonds. The first kappa shape index (κ1) is 14.9. The first-order chi connectivity index (χ1) is 8.18. The van der Waals surface area contributed by atoms with Gasteiger partial charge in [0.2, 0.25) is 0 Å². The third kappa shape index (κ3) is 5.82. The van der Waals surface area contributed by atoms with Crippen LogP contribution in [0, 0.1) is 0 Å². The van der Waals surface area contributed by atoms with E-state index in [4.69, 9.17) is 0 Å². The minimum atomic E-state index is 0.215. The molecule has 17 heavy (non-hydrogen) atoms. The van der Waals surface area contributed by atoms with Crippen LogP contribution in [0.2, 0.25) is 0 Å². The highest BCUT2D eigenvalue weighted by Gasteiger charge is 2.30. The number of thioether (sulfide) groups is 2. The van der Waals surface area contributed by atoms with Crippen LogP contribution in [0.5, 0.6) is 0 Å². The van der Waals surface area contributed by atoms with Gasteiger partial charge in [0.1, 0.15) is 6.29 Å². The molecule has 0 spiro atoms. The van der Waals surface area contributed by atoms with E-state index in [1.165, 1.54) is 23.5 Å². The minimum Gasteiger partial charge on any atom is -0.303 e. The maximum atomic E-state index is 10.4. The van der Waals surface area contributed by atoms with Crippen molar-refractivity contribution in [2.24, 2.45) is 0 Å². The lowest BCUT2D eigenvalue weighted by molar-refractivity contribution is -0.107. The monoisotopic (exact) mass is 270 g/mol. The third-order valence-electron chi connectivity index (χ3n) is 2.61. The van der Waals surface area contributed by atoms with E-state index in [-0.39, 0.29) is 4.08 Å². The van der Waals surface area contributed by atoms with E-state index in [1.807, 2.05) is 23.5 Å². The highest BCUT2D eigenvalue weighted by molar-refractivity contribution is 8.19. The van der Waals surface area contributed by atoms with Crippen molar-refractivity contribution in [3.8, 4) is 0 Å². The summed E-state index contributed by atoms with van der Waals surface area (Å²) in [5.74, 6) is 2.49. The molecule has 0 aromatic rings. The first-order valence-electron chi connectivity index (χ1n) is 6.23. The van der Waals surface area contributed by atoms with E-state index in [0.29, 0.717) is 6.42 Å². The molecule has 0 N–H and O–H groups in total. The molecule has 1 heterocycles. The Morgan fingerprint density at radius 1 is 1.29 bits per heavy atom. The lowest BCUT2D eigenvalue weighted by Gasteiger charge is -2.33. The maximum absolute atomic E-state index is 10.4. The average Bonchev–Trinajstić information content (AvgIpc) is 2.30. The zero-order chi connectivity index (χ0) is 12.6. The number of carbonyl (C=O) groups excluding carboxylic acids is 1. The maximum Gasteiger partial charge on any atom is 0.119 e. The van der Waals surface area contributed by atoms with Gasteiger partial charge in [-0.25, -0.2) is 0 Å². The fourth-order valence-electron chi connectivity index (χ4n) is 1.73. The number of carbonyl (C=O) groups is 1. The Hall–Kier alpha value is -0.150. The van der Waals surface area contributed by atoms with Crippen LogP contribution < -0.4 is 0 Å². The Bertz CT molecular complexity index is 285. The second kappa shape index (κ2) is 8.04. The molecule has 96 valence electrons. The van der Waals surface area contributed by atoms with Crippen molar-refractivity contribution < 1.29 is 4.79 Å². The van der Waals surface area contributed by atoms with Gasteiger partial charge in [0.25, 0.3) is 0 Å². The molecule has 0 saturated carbocycles. The van der Waals surface area contributed by atoms with Gasteiger partial charge in [0.15, 0.2) is 0 Å². The number of hydrogen-bond acceptors (Lipinski definition) is 3. The smallest absolute Gasteiger partial charge is 0.119 e. The van der Waals surface area contributed by atoms with Crippen molar-refractivity contribution in [1.29, 1.82) is 0 Å². The Morgan fingerprint density at radius 2 is 2.00 bits per heavy atom. The van der Waals surface area contributed by atoms with Crippen LogP contribution in [0.4, 0.5) is 0 Å². The van der Waals surface area contributed by atoms with Crippen LogP contribution in [-0.2, 0) is 4.79 Å². The molecule has 0 bridgehead atoms. The summed E-state index contributed by atoms with van der Waals surface area (Å²) in [6.07, 6.45) is 11.8. The fraction of sp³-hybridized carbons (Fsp3) is 0.643. The van der Waals surface area contributed by atoms with E-state index >= 15 is 0 Å². The topological polar surface area (TPSA) is 17.1 Å². The van der Waals surface area contributed by atoms with Crippen molar-refractivity contribution in [1.82, 2.24) is 0 Å². The molecule has 0 atom stereocenters. The standard InChI is InChI=1S/C14H22OS2/c1-13(2)7-5-9-14(8-3-4-10-15)16-11-6-12-17-14/h5,7,9-10H,3-4,6,8,11-12H2,1-2H3/b9-5+. The molecular weight excluding hydrogens is 248 g/mol. The third-order valence-corrected chi connectivity index (χ3v) is 5.96. The molecule has 0 aromatic carbocycles. The summed E-state index contributed by atoms with van der Waals surface area (Å²) in [5, 5.41) is 0. The van der Waals surface area contributed by atoms with Crippen LogP contribution >= 0.6 is 23.5 Å². The summed E-state index contributed by atoms with van der Waals surface area (Å²) in [6.45, 7) is 4.23. The Kier molecular flexibility index (Phi) is 7.05. The minimum absolute atomic E-state index is 0.215. The van der Waals surface area contributed by atoms with E-state index in [0.717, 1.165) is 19.1 Å². The van der Waals surface area contributed by atoms with Gasteiger partial charge < -0.3 is 4.79 Å². The summed E-state index contributed by atoms with van der Waals surface area (Å²) in [5.41, 5.74) is 1.33. The van der Waals surface area contributed by atoms with Gasteiger partial charge in [-0.3, -0.25) is 0 Å². The van der Waals surface area contributed by atoms with Gasteiger partial charge in [-0.1, -0.05) is 23.8 Å². The highest BCUT2D eigenvalue weighted by Crippen LogP contribution is 2.46. The summed E-state index contributed by atoms with van der Waals surface area (Å²) >= 11 is 4.09. The number of unbranched alkanes of at least 4 members (excludes halogenated alkanes) is 1. The van der Waals surface area contributed by atoms with Crippen molar-refractivity contribution in [2.75, 3.05) is 11.5 Å². The fourth-order valence-corrected chi connectivity index (χ4v) is 4.94. The molecule has 0 radical (unpaired) electrons. The SMILES string of the molecule is CC(C)=C/C=C/C1(CCCC=O)SCCCS1. The first-order valence-corrected chi connectivity index (χ1v) is 8.20. The summed E-state index contributed by atoms with van der Waals surface area (Å²) in [7, 11) is 0. The largest absolute Gasteiger partial charge is 0.303 e. The van der Waals surface area contributed by atoms with Gasteiger partial charge in [-0.2, -0.15) is 0 Å². The molecule has 1 rings (SSSR count). The van der Waals surface area contributed by atoms with Gasteiger partial charge in [0, 0.05) is 6.42 Å². The lowest BCUT2D eigenvalue weighted by Crippen LogP contribution is -2.22. The summed E-state index contributed by atoms with van der Waals surface area (Å²) < 4.78 is 0.215. The quantitative estimate of drug-likeness (QED) is 0.403. The Labute approximate surface area is 114 Å². The second-order valence-corrected chi connectivity index (χ2v) is 7.63. The zero-order valence-corrected chi connectivity index (χ0v) is 12.4. The average molecular weight is 270 g/mol. The van der Waals surface area contributed by atoms with Gasteiger partial charge in [-0.05, 0) is 44.6 Å². The number of rotatable bonds is 6. The van der Waals surface area contributed by atoms with Crippen LogP contribution in [0.25, 0.3) is 0 Å². The second-order valence-electron chi connectivity index (χ2n) is 4.52. The molecule has 1 fully saturated rings. The van der Waals surface area contributed by atoms with E-state index in [1.54, 1.807) is 0 Å². The molecular formula is C14H22OS2. The predicted molar refractivity (Wildman–Crippen MR) is 80.8 cm³/mol. The van der Waals surface area contributed by atoms with Crippen LogP contribution in [0.3, 0.4) is 0 Å².